The van der Waals surface area contributed by atoms with E-state index in [2.05, 4.69) is 10.4 Å². The summed E-state index contributed by atoms with van der Waals surface area (Å²) >= 11 is 0. The zero-order valence-corrected chi connectivity index (χ0v) is 17.9. The number of rotatable bonds is 4. The fraction of sp³-hybridized carbons (Fsp3) is 0.208. The summed E-state index contributed by atoms with van der Waals surface area (Å²) in [5, 5.41) is 6.71. The van der Waals surface area contributed by atoms with E-state index in [0.717, 1.165) is 27.9 Å². The first-order chi connectivity index (χ1) is 15.8. The van der Waals surface area contributed by atoms with Gasteiger partial charge in [-0.15, -0.1) is 0 Å². The molecular formula is C24H21N5O4. The van der Waals surface area contributed by atoms with Gasteiger partial charge in [0.05, 0.1) is 11.9 Å². The van der Waals surface area contributed by atoms with Gasteiger partial charge >= 0.3 is 0 Å². The van der Waals surface area contributed by atoms with Crippen molar-refractivity contribution in [1.82, 2.24) is 20.0 Å². The van der Waals surface area contributed by atoms with E-state index < -0.39 is 17.9 Å². The van der Waals surface area contributed by atoms with E-state index in [1.807, 2.05) is 25.2 Å². The van der Waals surface area contributed by atoms with Crippen molar-refractivity contribution in [3.63, 3.8) is 0 Å². The highest BCUT2D eigenvalue weighted by molar-refractivity contribution is 6.05. The third-order valence-corrected chi connectivity index (χ3v) is 6.19. The van der Waals surface area contributed by atoms with Crippen molar-refractivity contribution >= 4 is 23.6 Å². The van der Waals surface area contributed by atoms with Crippen LogP contribution in [0.1, 0.15) is 39.1 Å². The van der Waals surface area contributed by atoms with Crippen LogP contribution in [0.2, 0.25) is 0 Å². The lowest BCUT2D eigenvalue weighted by atomic mass is 9.97. The first-order valence-electron chi connectivity index (χ1n) is 10.5. The molecular weight excluding hydrogens is 422 g/mol. The SMILES string of the molecule is Cn1ncc(-c2ccc3c(c2)CN(C2CCC(=O)NC2=O)C3=O)c1-c1cccc(C(N)=O)c1. The third kappa shape index (κ3) is 3.47. The number of amides is 4. The Hall–Kier alpha value is -4.27. The maximum atomic E-state index is 13.0. The molecule has 0 saturated carbocycles. The molecule has 2 aliphatic heterocycles. The van der Waals surface area contributed by atoms with Crippen molar-refractivity contribution in [2.75, 3.05) is 0 Å². The Kier molecular flexibility index (Phi) is 4.81. The molecule has 2 aliphatic rings. The Labute approximate surface area is 189 Å². The zero-order chi connectivity index (χ0) is 23.3. The first kappa shape index (κ1) is 20.6. The molecule has 33 heavy (non-hydrogen) atoms. The van der Waals surface area contributed by atoms with E-state index in [4.69, 9.17) is 5.73 Å². The molecule has 1 atom stereocenters. The van der Waals surface area contributed by atoms with Gasteiger partial charge in [0.25, 0.3) is 5.91 Å². The molecule has 0 bridgehead atoms. The van der Waals surface area contributed by atoms with Crippen LogP contribution < -0.4 is 11.1 Å². The van der Waals surface area contributed by atoms with Gasteiger partial charge in [-0.1, -0.05) is 18.2 Å². The Balaban J connectivity index is 1.50. The van der Waals surface area contributed by atoms with Gasteiger partial charge in [0.1, 0.15) is 6.04 Å². The van der Waals surface area contributed by atoms with Gasteiger partial charge in [-0.05, 0) is 41.8 Å². The standard InChI is InChI=1S/C24H21N5O4/c1-28-21(14-3-2-4-15(10-14)22(25)31)18(11-26-28)13-5-6-17-16(9-13)12-29(24(17)33)19-7-8-20(30)27-23(19)32/h2-6,9-11,19H,7-8,12H2,1H3,(H2,25,31)(H,27,30,32). The molecule has 9 heteroatoms. The number of piperidine rings is 1. The highest BCUT2D eigenvalue weighted by atomic mass is 16.2. The number of aromatic nitrogens is 2. The third-order valence-electron chi connectivity index (χ3n) is 6.19. The normalized spacial score (nSPS) is 17.8. The first-order valence-corrected chi connectivity index (χ1v) is 10.5. The number of nitrogens with zero attached hydrogens (tertiary/aromatic N) is 3. The minimum atomic E-state index is -0.656. The Morgan fingerprint density at radius 1 is 1.09 bits per heavy atom. The summed E-state index contributed by atoms with van der Waals surface area (Å²) in [5.74, 6) is -1.47. The lowest BCUT2D eigenvalue weighted by molar-refractivity contribution is -0.136. The number of nitrogens with one attached hydrogen (secondary N) is 1. The van der Waals surface area contributed by atoms with Gasteiger partial charge < -0.3 is 10.6 Å². The summed E-state index contributed by atoms with van der Waals surface area (Å²) in [4.78, 5) is 49.9. The van der Waals surface area contributed by atoms with E-state index in [-0.39, 0.29) is 18.2 Å². The number of carbonyl (C=O) groups is 4. The Morgan fingerprint density at radius 2 is 1.91 bits per heavy atom. The number of nitrogens with two attached hydrogens (primary N) is 1. The highest BCUT2D eigenvalue weighted by Crippen LogP contribution is 2.35. The number of primary amides is 1. The monoisotopic (exact) mass is 443 g/mol. The lowest BCUT2D eigenvalue weighted by Crippen LogP contribution is -2.52. The van der Waals surface area contributed by atoms with Gasteiger partial charge in [-0.25, -0.2) is 0 Å². The van der Waals surface area contributed by atoms with E-state index >= 15 is 0 Å². The number of benzene rings is 2. The van der Waals surface area contributed by atoms with Crippen LogP contribution >= 0.6 is 0 Å². The van der Waals surface area contributed by atoms with Crippen LogP contribution in [0.5, 0.6) is 0 Å². The summed E-state index contributed by atoms with van der Waals surface area (Å²) in [7, 11) is 1.82. The van der Waals surface area contributed by atoms with E-state index in [1.54, 1.807) is 35.1 Å². The number of imide groups is 1. The minimum absolute atomic E-state index is 0.213. The number of carbonyl (C=O) groups excluding carboxylic acids is 4. The highest BCUT2D eigenvalue weighted by Gasteiger charge is 2.39. The molecule has 1 saturated heterocycles. The largest absolute Gasteiger partial charge is 0.366 e. The number of hydrogen-bond donors (Lipinski definition) is 2. The van der Waals surface area contributed by atoms with Crippen molar-refractivity contribution in [1.29, 1.82) is 0 Å². The van der Waals surface area contributed by atoms with Gasteiger partial charge in [-0.3, -0.25) is 29.2 Å². The molecule has 1 unspecified atom stereocenters. The van der Waals surface area contributed by atoms with Gasteiger partial charge in [0, 0.05) is 42.3 Å². The fourth-order valence-electron chi connectivity index (χ4n) is 4.55. The van der Waals surface area contributed by atoms with Crippen molar-refractivity contribution in [2.45, 2.75) is 25.4 Å². The topological polar surface area (TPSA) is 127 Å². The van der Waals surface area contributed by atoms with Crippen LogP contribution in [0.4, 0.5) is 0 Å². The molecule has 1 aromatic heterocycles. The lowest BCUT2D eigenvalue weighted by Gasteiger charge is -2.29. The van der Waals surface area contributed by atoms with Gasteiger partial charge in [0.2, 0.25) is 17.7 Å². The smallest absolute Gasteiger partial charge is 0.255 e. The van der Waals surface area contributed by atoms with Crippen LogP contribution in [0, 0.1) is 0 Å². The van der Waals surface area contributed by atoms with Crippen molar-refractivity contribution in [3.8, 4) is 22.4 Å². The molecule has 4 amide bonds. The van der Waals surface area contributed by atoms with Crippen LogP contribution in [-0.4, -0.2) is 44.4 Å². The maximum Gasteiger partial charge on any atom is 0.255 e. The summed E-state index contributed by atoms with van der Waals surface area (Å²) in [6.45, 7) is 0.293. The fourth-order valence-corrected chi connectivity index (χ4v) is 4.55. The van der Waals surface area contributed by atoms with Gasteiger partial charge in [-0.2, -0.15) is 5.10 Å². The molecule has 0 aliphatic carbocycles. The zero-order valence-electron chi connectivity index (χ0n) is 17.9. The van der Waals surface area contributed by atoms with Crippen molar-refractivity contribution in [2.24, 2.45) is 12.8 Å². The van der Waals surface area contributed by atoms with Crippen molar-refractivity contribution in [3.05, 3.63) is 65.4 Å². The van der Waals surface area contributed by atoms with E-state index in [0.29, 0.717) is 24.1 Å². The molecule has 3 N–H and O–H groups in total. The summed E-state index contributed by atoms with van der Waals surface area (Å²) in [5.41, 5.74) is 10.5. The Bertz CT molecular complexity index is 1340. The predicted octanol–water partition coefficient (Wildman–Crippen LogP) is 1.61. The predicted molar refractivity (Wildman–Crippen MR) is 119 cm³/mol. The number of hydrogen-bond acceptors (Lipinski definition) is 5. The van der Waals surface area contributed by atoms with Crippen LogP contribution in [0.3, 0.4) is 0 Å². The number of aryl methyl sites for hydroxylation is 1. The van der Waals surface area contributed by atoms with Crippen LogP contribution in [0.25, 0.3) is 22.4 Å². The molecule has 166 valence electrons. The summed E-state index contributed by atoms with van der Waals surface area (Å²) in [6.07, 6.45) is 2.27. The van der Waals surface area contributed by atoms with Gasteiger partial charge in [0.15, 0.2) is 0 Å². The molecule has 3 aromatic rings. The molecule has 0 spiro atoms. The average Bonchev–Trinajstić information content (AvgIpc) is 3.33. The minimum Gasteiger partial charge on any atom is -0.366 e. The molecule has 1 fully saturated rings. The second kappa shape index (κ2) is 7.70. The van der Waals surface area contributed by atoms with Crippen LogP contribution in [0.15, 0.2) is 48.7 Å². The van der Waals surface area contributed by atoms with Crippen LogP contribution in [-0.2, 0) is 23.2 Å². The molecule has 0 radical (unpaired) electrons. The molecule has 2 aromatic carbocycles. The molecule has 3 heterocycles. The Morgan fingerprint density at radius 3 is 2.67 bits per heavy atom. The summed E-state index contributed by atoms with van der Waals surface area (Å²) < 4.78 is 1.73. The summed E-state index contributed by atoms with van der Waals surface area (Å²) in [6, 6.07) is 11.9. The number of fused-ring (bicyclic) bond motifs is 1. The second-order valence-electron chi connectivity index (χ2n) is 8.25. The maximum absolute atomic E-state index is 13.0. The van der Waals surface area contributed by atoms with E-state index in [9.17, 15) is 19.2 Å². The molecule has 9 nitrogen and oxygen atoms in total. The average molecular weight is 443 g/mol. The second-order valence-corrected chi connectivity index (χ2v) is 8.25. The quantitative estimate of drug-likeness (QED) is 0.592. The molecule has 5 rings (SSSR count). The van der Waals surface area contributed by atoms with Crippen molar-refractivity contribution < 1.29 is 19.2 Å². The van der Waals surface area contributed by atoms with E-state index in [1.165, 1.54) is 4.90 Å².